The van der Waals surface area contributed by atoms with Crippen LogP contribution in [0, 0.1) is 0 Å². The van der Waals surface area contributed by atoms with Crippen molar-refractivity contribution in [2.75, 3.05) is 20.1 Å². The molecule has 1 saturated heterocycles. The zero-order valence-corrected chi connectivity index (χ0v) is 19.0. The summed E-state index contributed by atoms with van der Waals surface area (Å²) in [5, 5.41) is 0. The minimum atomic E-state index is -5.31. The first-order valence-corrected chi connectivity index (χ1v) is 12.0. The maximum Gasteiger partial charge on any atom is 0.491 e. The van der Waals surface area contributed by atoms with Gasteiger partial charge in [-0.2, -0.15) is 13.2 Å². The lowest BCUT2D eigenvalue weighted by molar-refractivity contribution is -0.202. The maximum atomic E-state index is 13.0. The summed E-state index contributed by atoms with van der Waals surface area (Å²) < 4.78 is 69.7. The lowest BCUT2D eigenvalue weighted by Gasteiger charge is -2.41. The average molecular weight is 479 g/mol. The number of carbonyl (C=O) groups is 2. The predicted octanol–water partition coefficient (Wildman–Crippen LogP) is 3.18. The van der Waals surface area contributed by atoms with E-state index in [1.807, 2.05) is 0 Å². The topological polar surface area (TPSA) is 92.8 Å². The van der Waals surface area contributed by atoms with E-state index in [9.17, 15) is 31.2 Å². The molecule has 11 heteroatoms. The number of carbonyl (C=O) groups excluding carboxylic acids is 2. The average Bonchev–Trinajstić information content (AvgIpc) is 2.67. The summed E-state index contributed by atoms with van der Waals surface area (Å²) in [6.07, 6.45) is -1.33. The molecule has 0 spiro atoms. The fourth-order valence-corrected chi connectivity index (χ4v) is 5.28. The van der Waals surface area contributed by atoms with Gasteiger partial charge in [-0.3, -0.25) is 4.79 Å². The Bertz CT molecular complexity index is 903. The number of unbranched alkanes of at least 4 members (excludes halogenated alkanes) is 2. The molecule has 0 saturated carbocycles. The second-order valence-corrected chi connectivity index (χ2v) is 9.95. The molecule has 1 atom stereocenters. The van der Waals surface area contributed by atoms with Crippen molar-refractivity contribution >= 4 is 22.0 Å². The van der Waals surface area contributed by atoms with Crippen molar-refractivity contribution in [3.63, 3.8) is 0 Å². The Balaban J connectivity index is 2.18. The van der Waals surface area contributed by atoms with Crippen LogP contribution < -0.4 is 4.72 Å². The smallest absolute Gasteiger partial charge is 0.386 e. The molecule has 1 unspecified atom stereocenters. The number of nitrogens with zero attached hydrogens (tertiary/aromatic N) is 1. The van der Waals surface area contributed by atoms with Crippen molar-refractivity contribution in [1.82, 2.24) is 9.62 Å². The second-order valence-electron chi connectivity index (χ2n) is 8.26. The van der Waals surface area contributed by atoms with Gasteiger partial charge in [0.05, 0.1) is 16.9 Å². The molecule has 0 aliphatic carbocycles. The normalized spacial score (nSPS) is 20.2. The number of halogens is 3. The van der Waals surface area contributed by atoms with Crippen molar-refractivity contribution in [3.05, 3.63) is 29.8 Å². The van der Waals surface area contributed by atoms with Gasteiger partial charge < -0.3 is 9.64 Å². The first kappa shape index (κ1) is 26.3. The summed E-state index contributed by atoms with van der Waals surface area (Å²) in [7, 11) is -2.37. The Hall–Kier alpha value is -1.98. The van der Waals surface area contributed by atoms with Gasteiger partial charge in [0, 0.05) is 6.54 Å². The highest BCUT2D eigenvalue weighted by atomic mass is 32.2. The van der Waals surface area contributed by atoms with Gasteiger partial charge in [-0.05, 0) is 57.0 Å². The van der Waals surface area contributed by atoms with Crippen LogP contribution in [-0.2, 0) is 30.8 Å². The van der Waals surface area contributed by atoms with Crippen molar-refractivity contribution < 1.29 is 35.9 Å². The van der Waals surface area contributed by atoms with Gasteiger partial charge in [0.15, 0.2) is 0 Å². The minimum absolute atomic E-state index is 0.0101. The van der Waals surface area contributed by atoms with E-state index in [0.717, 1.165) is 31.2 Å². The molecule has 1 aromatic carbocycles. The molecule has 32 heavy (non-hydrogen) atoms. The molecule has 1 aliphatic rings. The molecule has 7 nitrogen and oxygen atoms in total. The molecule has 1 N–H and O–H groups in total. The number of esters is 2. The van der Waals surface area contributed by atoms with Gasteiger partial charge in [-0.15, -0.1) is 0 Å². The number of ether oxygens (including phenoxy) is 1. The molecule has 1 aromatic rings. The number of hydrogen-bond donors (Lipinski definition) is 1. The van der Waals surface area contributed by atoms with Gasteiger partial charge in [-0.1, -0.05) is 31.9 Å². The van der Waals surface area contributed by atoms with Gasteiger partial charge in [0.25, 0.3) is 0 Å². The lowest BCUT2D eigenvalue weighted by atomic mass is 9.87. The Morgan fingerprint density at radius 3 is 2.41 bits per heavy atom. The standard InChI is InChI=1S/C21H29F3N2O5S/c1-3-4-5-7-16-8-10-17(11-9-16)32(29,30)25-20(12-6-13-26(2)15-20)14-18(27)31-19(28)21(22,23)24/h8-11,25H,3-7,12-15H2,1-2H3. The summed E-state index contributed by atoms with van der Waals surface area (Å²) in [4.78, 5) is 24.8. The largest absolute Gasteiger partial charge is 0.491 e. The van der Waals surface area contributed by atoms with E-state index in [4.69, 9.17) is 0 Å². The Morgan fingerprint density at radius 1 is 1.19 bits per heavy atom. The highest BCUT2D eigenvalue weighted by Gasteiger charge is 2.45. The number of piperidine rings is 1. The van der Waals surface area contributed by atoms with E-state index in [2.05, 4.69) is 16.4 Å². The Morgan fingerprint density at radius 2 is 1.84 bits per heavy atom. The van der Waals surface area contributed by atoms with Crippen molar-refractivity contribution in [3.8, 4) is 0 Å². The summed E-state index contributed by atoms with van der Waals surface area (Å²) in [5.41, 5.74) is -0.395. The summed E-state index contributed by atoms with van der Waals surface area (Å²) in [6, 6.07) is 6.38. The van der Waals surface area contributed by atoms with Crippen LogP contribution in [0.4, 0.5) is 13.2 Å². The highest BCUT2D eigenvalue weighted by Crippen LogP contribution is 2.28. The molecule has 180 valence electrons. The molecule has 1 fully saturated rings. The highest BCUT2D eigenvalue weighted by molar-refractivity contribution is 7.89. The van der Waals surface area contributed by atoms with Crippen LogP contribution in [0.3, 0.4) is 0 Å². The molecule has 2 rings (SSSR count). The van der Waals surface area contributed by atoms with Gasteiger partial charge >= 0.3 is 18.1 Å². The molecular weight excluding hydrogens is 449 g/mol. The number of likely N-dealkylation sites (tertiary alicyclic amines) is 1. The number of benzene rings is 1. The predicted molar refractivity (Wildman–Crippen MR) is 111 cm³/mol. The van der Waals surface area contributed by atoms with Gasteiger partial charge in [0.2, 0.25) is 10.0 Å². The third kappa shape index (κ3) is 7.56. The van der Waals surface area contributed by atoms with Crippen LogP contribution in [0.15, 0.2) is 29.2 Å². The third-order valence-corrected chi connectivity index (χ3v) is 6.94. The first-order valence-electron chi connectivity index (χ1n) is 10.5. The van der Waals surface area contributed by atoms with E-state index >= 15 is 0 Å². The Labute approximate surface area is 186 Å². The van der Waals surface area contributed by atoms with Crippen molar-refractivity contribution in [2.24, 2.45) is 0 Å². The van der Waals surface area contributed by atoms with Crippen LogP contribution in [0.2, 0.25) is 0 Å². The zero-order valence-electron chi connectivity index (χ0n) is 18.2. The number of likely N-dealkylation sites (N-methyl/N-ethyl adjacent to an activating group) is 1. The molecule has 0 bridgehead atoms. The fourth-order valence-electron chi connectivity index (χ4n) is 3.86. The van der Waals surface area contributed by atoms with Crippen molar-refractivity contribution in [1.29, 1.82) is 0 Å². The quantitative estimate of drug-likeness (QED) is 0.333. The number of nitrogens with one attached hydrogen (secondary N) is 1. The number of aryl methyl sites for hydroxylation is 1. The minimum Gasteiger partial charge on any atom is -0.386 e. The summed E-state index contributed by atoms with van der Waals surface area (Å²) in [6.45, 7) is 2.80. The second kappa shape index (κ2) is 10.8. The fraction of sp³-hybridized carbons (Fsp3) is 0.619. The number of alkyl halides is 3. The van der Waals surface area contributed by atoms with Crippen LogP contribution >= 0.6 is 0 Å². The number of hydrogen-bond acceptors (Lipinski definition) is 6. The van der Waals surface area contributed by atoms with Crippen molar-refractivity contribution in [2.45, 2.75) is 68.5 Å². The lowest BCUT2D eigenvalue weighted by Crippen LogP contribution is -2.59. The summed E-state index contributed by atoms with van der Waals surface area (Å²) in [5.74, 6) is -4.06. The van der Waals surface area contributed by atoms with E-state index in [0.29, 0.717) is 13.0 Å². The van der Waals surface area contributed by atoms with E-state index in [1.165, 1.54) is 12.1 Å². The van der Waals surface area contributed by atoms with E-state index < -0.39 is 40.1 Å². The molecule has 1 heterocycles. The third-order valence-electron chi connectivity index (χ3n) is 5.34. The van der Waals surface area contributed by atoms with E-state index in [-0.39, 0.29) is 17.9 Å². The molecule has 0 amide bonds. The van der Waals surface area contributed by atoms with Crippen LogP contribution in [-0.4, -0.2) is 57.1 Å². The molecule has 0 radical (unpaired) electrons. The maximum absolute atomic E-state index is 13.0. The number of rotatable bonds is 9. The summed E-state index contributed by atoms with van der Waals surface area (Å²) >= 11 is 0. The molecular formula is C21H29F3N2O5S. The van der Waals surface area contributed by atoms with Gasteiger partial charge in [0.1, 0.15) is 0 Å². The zero-order chi connectivity index (χ0) is 24.0. The molecule has 0 aromatic heterocycles. The number of sulfonamides is 1. The Kier molecular flexibility index (Phi) is 8.83. The first-order chi connectivity index (χ1) is 14.9. The van der Waals surface area contributed by atoms with Crippen LogP contribution in [0.25, 0.3) is 0 Å². The van der Waals surface area contributed by atoms with Crippen LogP contribution in [0.1, 0.15) is 51.0 Å². The van der Waals surface area contributed by atoms with E-state index in [1.54, 1.807) is 24.1 Å². The SMILES string of the molecule is CCCCCc1ccc(S(=O)(=O)NC2(CC(=O)OC(=O)C(F)(F)F)CCCN(C)C2)cc1. The van der Waals surface area contributed by atoms with Gasteiger partial charge in [-0.25, -0.2) is 17.9 Å². The van der Waals surface area contributed by atoms with Crippen LogP contribution in [0.5, 0.6) is 0 Å². The monoisotopic (exact) mass is 478 g/mol. The molecule has 1 aliphatic heterocycles.